The molecule has 0 aliphatic heterocycles. The fourth-order valence-electron chi connectivity index (χ4n) is 1.25. The number of halogens is 3. The van der Waals surface area contributed by atoms with E-state index in [-0.39, 0.29) is 11.6 Å². The smallest absolute Gasteiger partial charge is 0.417 e. The Labute approximate surface area is 104 Å². The maximum absolute atomic E-state index is 12.3. The molecule has 9 heteroatoms. The monoisotopic (exact) mass is 272 g/mol. The Balaban J connectivity index is 2.28. The molecule has 0 saturated carbocycles. The number of pyridine rings is 1. The molecule has 19 heavy (non-hydrogen) atoms. The number of esters is 1. The first kappa shape index (κ1) is 13.0. The number of nitrogens with zero attached hydrogens (tertiary/aromatic N) is 4. The number of hydrogen-bond acceptors (Lipinski definition) is 5. The van der Waals surface area contributed by atoms with Crippen molar-refractivity contribution in [3.05, 3.63) is 36.0 Å². The van der Waals surface area contributed by atoms with Crippen molar-refractivity contribution in [2.24, 2.45) is 0 Å². The summed E-state index contributed by atoms with van der Waals surface area (Å²) in [7, 11) is 1.17. The van der Waals surface area contributed by atoms with E-state index >= 15 is 0 Å². The van der Waals surface area contributed by atoms with Gasteiger partial charge in [0.2, 0.25) is 0 Å². The lowest BCUT2D eigenvalue weighted by molar-refractivity contribution is -0.137. The molecular weight excluding hydrogens is 265 g/mol. The second-order valence-corrected chi connectivity index (χ2v) is 3.41. The number of methoxy groups -OCH3 is 1. The van der Waals surface area contributed by atoms with E-state index in [0.29, 0.717) is 6.20 Å². The summed E-state index contributed by atoms with van der Waals surface area (Å²) >= 11 is 0. The van der Waals surface area contributed by atoms with Crippen molar-refractivity contribution in [2.45, 2.75) is 6.18 Å². The second kappa shape index (κ2) is 4.67. The predicted molar refractivity (Wildman–Crippen MR) is 55.5 cm³/mol. The van der Waals surface area contributed by atoms with Crippen LogP contribution in [-0.4, -0.2) is 32.8 Å². The molecule has 2 rings (SSSR count). The van der Waals surface area contributed by atoms with Gasteiger partial charge in [0.05, 0.1) is 12.7 Å². The fraction of sp³-hybridized carbons (Fsp3) is 0.200. The third-order valence-corrected chi connectivity index (χ3v) is 2.17. The molecule has 0 amide bonds. The minimum atomic E-state index is -4.45. The van der Waals surface area contributed by atoms with Crippen LogP contribution in [0.5, 0.6) is 0 Å². The van der Waals surface area contributed by atoms with Gasteiger partial charge >= 0.3 is 12.1 Å². The van der Waals surface area contributed by atoms with E-state index in [4.69, 9.17) is 0 Å². The van der Waals surface area contributed by atoms with Gasteiger partial charge in [0.25, 0.3) is 5.82 Å². The molecule has 2 heterocycles. The highest BCUT2D eigenvalue weighted by molar-refractivity contribution is 5.84. The Bertz CT molecular complexity index is 592. The molecule has 2 aromatic rings. The summed E-state index contributed by atoms with van der Waals surface area (Å²) in [6, 6.07) is 1.99. The van der Waals surface area contributed by atoms with Crippen molar-refractivity contribution in [1.82, 2.24) is 19.7 Å². The molecule has 0 unspecified atom stereocenters. The van der Waals surface area contributed by atoms with Gasteiger partial charge in [-0.2, -0.15) is 13.2 Å². The van der Waals surface area contributed by atoms with E-state index in [0.717, 1.165) is 23.1 Å². The van der Waals surface area contributed by atoms with E-state index in [2.05, 4.69) is 19.8 Å². The van der Waals surface area contributed by atoms with Crippen LogP contribution in [0.4, 0.5) is 13.2 Å². The van der Waals surface area contributed by atoms with E-state index in [1.165, 1.54) is 7.11 Å². The van der Waals surface area contributed by atoms with Crippen molar-refractivity contribution >= 4 is 5.97 Å². The van der Waals surface area contributed by atoms with E-state index in [1.54, 1.807) is 0 Å². The Morgan fingerprint density at radius 3 is 2.58 bits per heavy atom. The number of rotatable bonds is 2. The van der Waals surface area contributed by atoms with Gasteiger partial charge in [-0.25, -0.2) is 19.4 Å². The van der Waals surface area contributed by atoms with Crippen LogP contribution in [0.2, 0.25) is 0 Å². The van der Waals surface area contributed by atoms with Gasteiger partial charge in [-0.3, -0.25) is 0 Å². The third kappa shape index (κ3) is 2.69. The average molecular weight is 272 g/mol. The van der Waals surface area contributed by atoms with Gasteiger partial charge in [0.1, 0.15) is 6.33 Å². The largest absolute Gasteiger partial charge is 0.463 e. The maximum Gasteiger partial charge on any atom is 0.417 e. The molecule has 0 N–H and O–H groups in total. The summed E-state index contributed by atoms with van der Waals surface area (Å²) in [6.07, 6.45) is -2.62. The average Bonchev–Trinajstić information content (AvgIpc) is 2.86. The predicted octanol–water partition coefficient (Wildman–Crippen LogP) is 1.47. The molecule has 0 saturated heterocycles. The Morgan fingerprint density at radius 2 is 2.05 bits per heavy atom. The molecule has 0 aromatic carbocycles. The van der Waals surface area contributed by atoms with Crippen molar-refractivity contribution < 1.29 is 22.7 Å². The van der Waals surface area contributed by atoms with Gasteiger partial charge in [-0.05, 0) is 12.1 Å². The van der Waals surface area contributed by atoms with Gasteiger partial charge < -0.3 is 4.74 Å². The molecule has 0 bridgehead atoms. The second-order valence-electron chi connectivity index (χ2n) is 3.41. The zero-order chi connectivity index (χ0) is 14.0. The summed E-state index contributed by atoms with van der Waals surface area (Å²) in [5.41, 5.74) is -0.871. The number of ether oxygens (including phenoxy) is 1. The lowest BCUT2D eigenvalue weighted by atomic mass is 10.3. The number of hydrogen-bond donors (Lipinski definition) is 0. The van der Waals surface area contributed by atoms with Crippen molar-refractivity contribution in [3.8, 4) is 5.82 Å². The lowest BCUT2D eigenvalue weighted by Gasteiger charge is -2.06. The first-order valence-electron chi connectivity index (χ1n) is 4.95. The standard InChI is InChI=1S/C10H7F3N4O2/c1-19-9(18)8-15-5-17(16-8)7-3-2-6(4-14-7)10(11,12)13/h2-5H,1H3. The fourth-order valence-corrected chi connectivity index (χ4v) is 1.25. The third-order valence-electron chi connectivity index (χ3n) is 2.17. The molecule has 0 aliphatic carbocycles. The highest BCUT2D eigenvalue weighted by Gasteiger charge is 2.30. The Morgan fingerprint density at radius 1 is 1.32 bits per heavy atom. The molecule has 100 valence electrons. The van der Waals surface area contributed by atoms with Crippen LogP contribution in [0.25, 0.3) is 5.82 Å². The van der Waals surface area contributed by atoms with Crippen LogP contribution in [0, 0.1) is 0 Å². The van der Waals surface area contributed by atoms with Gasteiger partial charge in [-0.1, -0.05) is 0 Å². The molecule has 0 fully saturated rings. The van der Waals surface area contributed by atoms with Crippen LogP contribution in [0.3, 0.4) is 0 Å². The van der Waals surface area contributed by atoms with Crippen LogP contribution in [0.1, 0.15) is 16.2 Å². The lowest BCUT2D eigenvalue weighted by Crippen LogP contribution is -2.08. The molecular formula is C10H7F3N4O2. The van der Waals surface area contributed by atoms with Crippen LogP contribution >= 0.6 is 0 Å². The van der Waals surface area contributed by atoms with E-state index in [1.807, 2.05) is 0 Å². The van der Waals surface area contributed by atoms with E-state index < -0.39 is 17.7 Å². The van der Waals surface area contributed by atoms with Crippen LogP contribution in [-0.2, 0) is 10.9 Å². The SMILES string of the molecule is COC(=O)c1ncn(-c2ccc(C(F)(F)F)cn2)n1. The summed E-state index contributed by atoms with van der Waals surface area (Å²) in [4.78, 5) is 18.4. The Hall–Kier alpha value is -2.45. The minimum Gasteiger partial charge on any atom is -0.463 e. The molecule has 0 spiro atoms. The number of carbonyl (C=O) groups is 1. The van der Waals surface area contributed by atoms with Crippen molar-refractivity contribution in [2.75, 3.05) is 7.11 Å². The molecule has 2 aromatic heterocycles. The van der Waals surface area contributed by atoms with Crippen LogP contribution < -0.4 is 0 Å². The summed E-state index contributed by atoms with van der Waals surface area (Å²) < 4.78 is 42.5. The van der Waals surface area contributed by atoms with Gasteiger partial charge in [0.15, 0.2) is 5.82 Å². The van der Waals surface area contributed by atoms with Crippen molar-refractivity contribution in [1.29, 1.82) is 0 Å². The number of carbonyl (C=O) groups excluding carboxylic acids is 1. The summed E-state index contributed by atoms with van der Waals surface area (Å²) in [6.45, 7) is 0. The quantitative estimate of drug-likeness (QED) is 0.774. The van der Waals surface area contributed by atoms with Gasteiger partial charge in [0, 0.05) is 6.20 Å². The first-order chi connectivity index (χ1) is 8.91. The maximum atomic E-state index is 12.3. The zero-order valence-electron chi connectivity index (χ0n) is 9.55. The zero-order valence-corrected chi connectivity index (χ0v) is 9.55. The topological polar surface area (TPSA) is 69.9 Å². The van der Waals surface area contributed by atoms with Crippen molar-refractivity contribution in [3.63, 3.8) is 0 Å². The van der Waals surface area contributed by atoms with E-state index in [9.17, 15) is 18.0 Å². The first-order valence-corrected chi connectivity index (χ1v) is 4.95. The minimum absolute atomic E-state index is 0.107. The number of aromatic nitrogens is 4. The summed E-state index contributed by atoms with van der Waals surface area (Å²) in [5, 5.41) is 3.73. The highest BCUT2D eigenvalue weighted by atomic mass is 19.4. The normalized spacial score (nSPS) is 11.4. The van der Waals surface area contributed by atoms with Crippen LogP contribution in [0.15, 0.2) is 24.7 Å². The highest BCUT2D eigenvalue weighted by Crippen LogP contribution is 2.28. The molecule has 0 aliphatic rings. The molecule has 6 nitrogen and oxygen atoms in total. The molecule has 0 radical (unpaired) electrons. The Kier molecular flexibility index (Phi) is 3.19. The summed E-state index contributed by atoms with van der Waals surface area (Å²) in [5.74, 6) is -0.842. The van der Waals surface area contributed by atoms with Gasteiger partial charge in [-0.15, -0.1) is 5.10 Å². The number of alkyl halides is 3. The molecule has 0 atom stereocenters.